The number of carbonyl (C=O) groups excluding carboxylic acids is 1. The topological polar surface area (TPSA) is 66.0 Å². The highest BCUT2D eigenvalue weighted by Crippen LogP contribution is 2.40. The van der Waals surface area contributed by atoms with Crippen LogP contribution in [0.15, 0.2) is 4.99 Å². The van der Waals surface area contributed by atoms with Gasteiger partial charge in [-0.05, 0) is 50.9 Å². The number of rotatable bonds is 8. The largest absolute Gasteiger partial charge is 0.382 e. The summed E-state index contributed by atoms with van der Waals surface area (Å²) in [5, 5.41) is 7.17. The van der Waals surface area contributed by atoms with Crippen LogP contribution in [0, 0.1) is 11.3 Å². The first-order valence-electron chi connectivity index (χ1n) is 12.0. The second-order valence-electron chi connectivity index (χ2n) is 9.33. The first kappa shape index (κ1) is 22.4. The van der Waals surface area contributed by atoms with Gasteiger partial charge in [-0.25, -0.2) is 0 Å². The highest BCUT2D eigenvalue weighted by atomic mass is 16.5. The maximum Gasteiger partial charge on any atom is 0.225 e. The quantitative estimate of drug-likeness (QED) is 0.369. The fourth-order valence-electron chi connectivity index (χ4n) is 5.42. The maximum atomic E-state index is 12.8. The van der Waals surface area contributed by atoms with Gasteiger partial charge in [-0.1, -0.05) is 32.1 Å². The SMILES string of the molecule is CCOCCC1(CNC(=NC)NC2CCN(C(=O)C3CCCCC3)C2)CCCC1. The molecule has 2 N–H and O–H groups in total. The van der Waals surface area contributed by atoms with Crippen molar-refractivity contribution in [1.82, 2.24) is 15.5 Å². The summed E-state index contributed by atoms with van der Waals surface area (Å²) in [4.78, 5) is 19.4. The van der Waals surface area contributed by atoms with Crippen molar-refractivity contribution in [2.24, 2.45) is 16.3 Å². The van der Waals surface area contributed by atoms with Crippen LogP contribution in [0.3, 0.4) is 0 Å². The predicted molar refractivity (Wildman–Crippen MR) is 118 cm³/mol. The van der Waals surface area contributed by atoms with E-state index in [1.165, 1.54) is 44.9 Å². The van der Waals surface area contributed by atoms with E-state index >= 15 is 0 Å². The molecule has 6 heteroatoms. The van der Waals surface area contributed by atoms with Crippen molar-refractivity contribution < 1.29 is 9.53 Å². The van der Waals surface area contributed by atoms with Crippen LogP contribution in [-0.2, 0) is 9.53 Å². The zero-order valence-electron chi connectivity index (χ0n) is 18.7. The number of likely N-dealkylation sites (tertiary alicyclic amines) is 1. The Morgan fingerprint density at radius 3 is 2.59 bits per heavy atom. The van der Waals surface area contributed by atoms with Crippen molar-refractivity contribution >= 4 is 11.9 Å². The van der Waals surface area contributed by atoms with Gasteiger partial charge < -0.3 is 20.3 Å². The van der Waals surface area contributed by atoms with Gasteiger partial charge in [0.05, 0.1) is 0 Å². The lowest BCUT2D eigenvalue weighted by Gasteiger charge is -2.30. The number of hydrogen-bond acceptors (Lipinski definition) is 3. The molecule has 0 aromatic heterocycles. The van der Waals surface area contributed by atoms with Crippen molar-refractivity contribution in [3.05, 3.63) is 0 Å². The normalized spacial score (nSPS) is 25.4. The number of amides is 1. The lowest BCUT2D eigenvalue weighted by molar-refractivity contribution is -0.135. The molecule has 0 radical (unpaired) electrons. The molecule has 0 bridgehead atoms. The summed E-state index contributed by atoms with van der Waals surface area (Å²) in [7, 11) is 1.84. The Labute approximate surface area is 177 Å². The third-order valence-electron chi connectivity index (χ3n) is 7.29. The zero-order chi connectivity index (χ0) is 20.5. The average molecular weight is 407 g/mol. The smallest absolute Gasteiger partial charge is 0.225 e. The average Bonchev–Trinajstić information content (AvgIpc) is 3.42. The molecule has 1 amide bonds. The second-order valence-corrected chi connectivity index (χ2v) is 9.33. The molecule has 2 aliphatic carbocycles. The third-order valence-corrected chi connectivity index (χ3v) is 7.29. The molecular formula is C23H42N4O2. The van der Waals surface area contributed by atoms with Crippen molar-refractivity contribution in [3.8, 4) is 0 Å². The van der Waals surface area contributed by atoms with Crippen LogP contribution in [0.1, 0.15) is 77.6 Å². The molecule has 0 aromatic carbocycles. The Balaban J connectivity index is 1.44. The summed E-state index contributed by atoms with van der Waals surface area (Å²) < 4.78 is 5.63. The molecule has 2 saturated carbocycles. The highest BCUT2D eigenvalue weighted by Gasteiger charge is 2.35. The lowest BCUT2D eigenvalue weighted by atomic mass is 9.83. The molecule has 3 rings (SSSR count). The first-order chi connectivity index (χ1) is 14.2. The molecule has 6 nitrogen and oxygen atoms in total. The van der Waals surface area contributed by atoms with Gasteiger partial charge in [0.1, 0.15) is 0 Å². The molecule has 3 aliphatic rings. The fourth-order valence-corrected chi connectivity index (χ4v) is 5.42. The number of carbonyl (C=O) groups is 1. The third kappa shape index (κ3) is 6.34. The Hall–Kier alpha value is -1.30. The molecule has 166 valence electrons. The first-order valence-corrected chi connectivity index (χ1v) is 12.0. The summed E-state index contributed by atoms with van der Waals surface area (Å²) in [6, 6.07) is 0.302. The van der Waals surface area contributed by atoms with Crippen molar-refractivity contribution in [2.75, 3.05) is 39.9 Å². The van der Waals surface area contributed by atoms with Crippen molar-refractivity contribution in [1.29, 1.82) is 0 Å². The van der Waals surface area contributed by atoms with Gasteiger partial charge in [0.15, 0.2) is 5.96 Å². The molecule has 1 unspecified atom stereocenters. The van der Waals surface area contributed by atoms with Crippen LogP contribution < -0.4 is 10.6 Å². The van der Waals surface area contributed by atoms with E-state index in [4.69, 9.17) is 4.74 Å². The number of nitrogens with zero attached hydrogens (tertiary/aromatic N) is 2. The molecule has 3 fully saturated rings. The van der Waals surface area contributed by atoms with E-state index in [2.05, 4.69) is 27.4 Å². The number of hydrogen-bond donors (Lipinski definition) is 2. The minimum absolute atomic E-state index is 0.271. The monoisotopic (exact) mass is 406 g/mol. The second kappa shape index (κ2) is 11.2. The van der Waals surface area contributed by atoms with E-state index in [-0.39, 0.29) is 5.92 Å². The molecule has 0 aromatic rings. The standard InChI is InChI=1S/C23H42N4O2/c1-3-29-16-14-23(12-7-8-13-23)18-25-22(24-2)26-20-11-15-27(17-20)21(28)19-9-5-4-6-10-19/h19-20H,3-18H2,1-2H3,(H2,24,25,26). The predicted octanol–water partition coefficient (Wildman–Crippen LogP) is 3.32. The maximum absolute atomic E-state index is 12.8. The molecule has 1 heterocycles. The Kier molecular flexibility index (Phi) is 8.64. The summed E-state index contributed by atoms with van der Waals surface area (Å²) in [5.41, 5.74) is 0.339. The van der Waals surface area contributed by atoms with Crippen LogP contribution >= 0.6 is 0 Å². The van der Waals surface area contributed by atoms with Gasteiger partial charge in [0, 0.05) is 51.9 Å². The van der Waals surface area contributed by atoms with Crippen LogP contribution in [-0.4, -0.2) is 62.7 Å². The number of ether oxygens (including phenoxy) is 1. The Morgan fingerprint density at radius 2 is 1.90 bits per heavy atom. The molecule has 1 aliphatic heterocycles. The number of nitrogens with one attached hydrogen (secondary N) is 2. The van der Waals surface area contributed by atoms with E-state index in [1.54, 1.807) is 0 Å². The van der Waals surface area contributed by atoms with Crippen LogP contribution in [0.4, 0.5) is 0 Å². The van der Waals surface area contributed by atoms with Gasteiger partial charge in [0.25, 0.3) is 0 Å². The number of aliphatic imine (C=N–C) groups is 1. The van der Waals surface area contributed by atoms with Crippen LogP contribution in [0.25, 0.3) is 0 Å². The fraction of sp³-hybridized carbons (Fsp3) is 0.913. The highest BCUT2D eigenvalue weighted by molar-refractivity contribution is 5.81. The van der Waals surface area contributed by atoms with E-state index in [1.807, 2.05) is 7.05 Å². The van der Waals surface area contributed by atoms with Crippen molar-refractivity contribution in [3.63, 3.8) is 0 Å². The van der Waals surface area contributed by atoms with Crippen LogP contribution in [0.5, 0.6) is 0 Å². The Bertz CT molecular complexity index is 539. The summed E-state index contributed by atoms with van der Waals surface area (Å²) in [5.74, 6) is 1.54. The lowest BCUT2D eigenvalue weighted by Crippen LogP contribution is -2.48. The van der Waals surface area contributed by atoms with Crippen LogP contribution in [0.2, 0.25) is 0 Å². The zero-order valence-corrected chi connectivity index (χ0v) is 18.7. The van der Waals surface area contributed by atoms with Gasteiger partial charge in [-0.2, -0.15) is 0 Å². The minimum Gasteiger partial charge on any atom is -0.382 e. The van der Waals surface area contributed by atoms with Gasteiger partial charge >= 0.3 is 0 Å². The van der Waals surface area contributed by atoms with E-state index in [0.29, 0.717) is 17.4 Å². The van der Waals surface area contributed by atoms with E-state index in [9.17, 15) is 4.79 Å². The number of guanidine groups is 1. The minimum atomic E-state index is 0.271. The molecule has 29 heavy (non-hydrogen) atoms. The molecule has 0 spiro atoms. The van der Waals surface area contributed by atoms with Gasteiger partial charge in [-0.15, -0.1) is 0 Å². The summed E-state index contributed by atoms with van der Waals surface area (Å²) in [6.45, 7) is 6.36. The Morgan fingerprint density at radius 1 is 1.14 bits per heavy atom. The summed E-state index contributed by atoms with van der Waals surface area (Å²) in [6.07, 6.45) is 13.2. The van der Waals surface area contributed by atoms with Gasteiger partial charge in [-0.3, -0.25) is 9.79 Å². The van der Waals surface area contributed by atoms with E-state index in [0.717, 1.165) is 64.5 Å². The van der Waals surface area contributed by atoms with Crippen molar-refractivity contribution in [2.45, 2.75) is 83.6 Å². The van der Waals surface area contributed by atoms with E-state index < -0.39 is 0 Å². The molecule has 1 atom stereocenters. The molecular weight excluding hydrogens is 364 g/mol. The van der Waals surface area contributed by atoms with Gasteiger partial charge in [0.2, 0.25) is 5.91 Å². The molecule has 1 saturated heterocycles. The summed E-state index contributed by atoms with van der Waals surface area (Å²) >= 11 is 0.